The summed E-state index contributed by atoms with van der Waals surface area (Å²) in [4.78, 5) is 43.8. The molecule has 1 aromatic heterocycles. The van der Waals surface area contributed by atoms with Crippen LogP contribution in [-0.4, -0.2) is 58.8 Å². The van der Waals surface area contributed by atoms with Crippen LogP contribution in [0.4, 0.5) is 15.6 Å². The van der Waals surface area contributed by atoms with E-state index >= 15 is 0 Å². The van der Waals surface area contributed by atoms with Crippen molar-refractivity contribution in [3.8, 4) is 0 Å². The molecule has 1 saturated heterocycles. The second kappa shape index (κ2) is 9.04. The van der Waals surface area contributed by atoms with Gasteiger partial charge in [0.2, 0.25) is 11.8 Å². The zero-order valence-corrected chi connectivity index (χ0v) is 17.6. The Morgan fingerprint density at radius 1 is 1.00 bits per heavy atom. The van der Waals surface area contributed by atoms with E-state index in [1.165, 1.54) is 18.3 Å². The summed E-state index contributed by atoms with van der Waals surface area (Å²) in [6.07, 6.45) is 0.136. The van der Waals surface area contributed by atoms with Crippen LogP contribution in [0.15, 0.2) is 23.6 Å². The van der Waals surface area contributed by atoms with Crippen LogP contribution in [0.3, 0.4) is 0 Å². The van der Waals surface area contributed by atoms with Crippen molar-refractivity contribution in [3.63, 3.8) is 0 Å². The third-order valence-electron chi connectivity index (χ3n) is 4.62. The fourth-order valence-electron chi connectivity index (χ4n) is 3.26. The number of hydrogen-bond acceptors (Lipinski definition) is 5. The van der Waals surface area contributed by atoms with Crippen molar-refractivity contribution < 1.29 is 14.4 Å². The Kier molecular flexibility index (Phi) is 6.48. The van der Waals surface area contributed by atoms with E-state index in [1.54, 1.807) is 15.2 Å². The molecular formula is C20H25N5O3S. The molecule has 4 amide bonds. The average Bonchev–Trinajstić information content (AvgIpc) is 3.07. The average molecular weight is 416 g/mol. The fraction of sp³-hybridized carbons (Fsp3) is 0.400. The lowest BCUT2D eigenvalue weighted by molar-refractivity contribution is -0.130. The van der Waals surface area contributed by atoms with Gasteiger partial charge in [-0.2, -0.15) is 0 Å². The molecule has 29 heavy (non-hydrogen) atoms. The van der Waals surface area contributed by atoms with Crippen molar-refractivity contribution in [2.75, 3.05) is 36.8 Å². The van der Waals surface area contributed by atoms with Gasteiger partial charge in [0.1, 0.15) is 0 Å². The van der Waals surface area contributed by atoms with Crippen molar-refractivity contribution in [2.45, 2.75) is 27.2 Å². The predicted molar refractivity (Wildman–Crippen MR) is 113 cm³/mol. The highest BCUT2D eigenvalue weighted by molar-refractivity contribution is 7.13. The number of thiazole rings is 1. The lowest BCUT2D eigenvalue weighted by Gasteiger charge is -2.33. The molecule has 0 aliphatic carbocycles. The van der Waals surface area contributed by atoms with Gasteiger partial charge in [-0.3, -0.25) is 14.9 Å². The predicted octanol–water partition coefficient (Wildman–Crippen LogP) is 2.64. The van der Waals surface area contributed by atoms with E-state index in [-0.39, 0.29) is 24.3 Å². The smallest absolute Gasteiger partial charge is 0.323 e. The van der Waals surface area contributed by atoms with Gasteiger partial charge < -0.3 is 15.1 Å². The minimum atomic E-state index is -0.242. The first-order chi connectivity index (χ1) is 13.8. The second-order valence-corrected chi connectivity index (χ2v) is 8.03. The third-order valence-corrected chi connectivity index (χ3v) is 5.43. The van der Waals surface area contributed by atoms with Gasteiger partial charge in [-0.1, -0.05) is 6.07 Å². The van der Waals surface area contributed by atoms with Gasteiger partial charge in [-0.05, 0) is 37.1 Å². The van der Waals surface area contributed by atoms with Crippen molar-refractivity contribution in [1.29, 1.82) is 0 Å². The second-order valence-electron chi connectivity index (χ2n) is 7.17. The number of amides is 4. The maximum absolute atomic E-state index is 12.4. The Morgan fingerprint density at radius 3 is 2.24 bits per heavy atom. The van der Waals surface area contributed by atoms with Gasteiger partial charge in [0.15, 0.2) is 5.13 Å². The third kappa shape index (κ3) is 5.77. The number of carbonyl (C=O) groups is 3. The van der Waals surface area contributed by atoms with E-state index in [9.17, 15) is 14.4 Å². The molecule has 0 bridgehead atoms. The number of aromatic nitrogens is 1. The number of piperazine rings is 1. The van der Waals surface area contributed by atoms with E-state index in [1.807, 2.05) is 32.0 Å². The molecule has 1 fully saturated rings. The van der Waals surface area contributed by atoms with E-state index in [0.29, 0.717) is 37.0 Å². The standard InChI is InChI=1S/C20H25N5O3S/c1-13-8-14(2)10-16(9-13)21-18(27)11-17-12-29-19(22-17)23-20(28)25-6-4-24(5-7-25)15(3)26/h8-10,12H,4-7,11H2,1-3H3,(H,21,27)(H,22,23,28). The number of nitrogens with one attached hydrogen (secondary N) is 2. The largest absolute Gasteiger partial charge is 0.339 e. The number of carbonyl (C=O) groups excluding carboxylic acids is 3. The minimum Gasteiger partial charge on any atom is -0.339 e. The maximum atomic E-state index is 12.4. The Morgan fingerprint density at radius 2 is 1.62 bits per heavy atom. The lowest BCUT2D eigenvalue weighted by Crippen LogP contribution is -2.51. The molecular weight excluding hydrogens is 390 g/mol. The zero-order valence-electron chi connectivity index (χ0n) is 16.8. The number of hydrogen-bond donors (Lipinski definition) is 2. The van der Waals surface area contributed by atoms with Gasteiger partial charge in [0.05, 0.1) is 12.1 Å². The number of benzene rings is 1. The summed E-state index contributed by atoms with van der Waals surface area (Å²) >= 11 is 1.29. The molecule has 2 aromatic rings. The summed E-state index contributed by atoms with van der Waals surface area (Å²) in [6, 6.07) is 5.64. The molecule has 0 spiro atoms. The van der Waals surface area contributed by atoms with E-state index in [4.69, 9.17) is 0 Å². The summed E-state index contributed by atoms with van der Waals surface area (Å²) in [5, 5.41) is 7.88. The first-order valence-corrected chi connectivity index (χ1v) is 10.3. The molecule has 8 nitrogen and oxygen atoms in total. The van der Waals surface area contributed by atoms with Gasteiger partial charge in [-0.15, -0.1) is 11.3 Å². The van der Waals surface area contributed by atoms with Gasteiger partial charge in [0, 0.05) is 44.2 Å². The summed E-state index contributed by atoms with van der Waals surface area (Å²) in [7, 11) is 0. The summed E-state index contributed by atoms with van der Waals surface area (Å²) in [5.41, 5.74) is 3.54. The Labute approximate surface area is 173 Å². The van der Waals surface area contributed by atoms with Crippen LogP contribution >= 0.6 is 11.3 Å². The van der Waals surface area contributed by atoms with Gasteiger partial charge in [-0.25, -0.2) is 9.78 Å². The molecule has 1 aliphatic heterocycles. The van der Waals surface area contributed by atoms with Crippen molar-refractivity contribution in [3.05, 3.63) is 40.4 Å². The monoisotopic (exact) mass is 415 g/mol. The van der Waals surface area contributed by atoms with Crippen LogP contribution in [0.25, 0.3) is 0 Å². The molecule has 0 atom stereocenters. The summed E-state index contributed by atoms with van der Waals surface area (Å²) < 4.78 is 0. The summed E-state index contributed by atoms with van der Waals surface area (Å²) in [6.45, 7) is 7.54. The van der Waals surface area contributed by atoms with Crippen LogP contribution in [0.5, 0.6) is 0 Å². The van der Waals surface area contributed by atoms with Crippen LogP contribution in [0.2, 0.25) is 0 Å². The maximum Gasteiger partial charge on any atom is 0.323 e. The minimum absolute atomic E-state index is 0.0220. The quantitative estimate of drug-likeness (QED) is 0.803. The van der Waals surface area contributed by atoms with Crippen LogP contribution in [0.1, 0.15) is 23.7 Å². The van der Waals surface area contributed by atoms with Crippen molar-refractivity contribution in [1.82, 2.24) is 14.8 Å². The Bertz CT molecular complexity index is 898. The lowest BCUT2D eigenvalue weighted by atomic mass is 10.1. The number of aryl methyl sites for hydroxylation is 2. The fourth-order valence-corrected chi connectivity index (χ4v) is 3.96. The molecule has 0 radical (unpaired) electrons. The first-order valence-electron chi connectivity index (χ1n) is 9.44. The molecule has 9 heteroatoms. The molecule has 3 rings (SSSR count). The SMILES string of the molecule is CC(=O)N1CCN(C(=O)Nc2nc(CC(=O)Nc3cc(C)cc(C)c3)cs2)CC1. The van der Waals surface area contributed by atoms with Crippen molar-refractivity contribution >= 4 is 40.0 Å². The van der Waals surface area contributed by atoms with E-state index < -0.39 is 0 Å². The number of rotatable bonds is 4. The van der Waals surface area contributed by atoms with E-state index in [0.717, 1.165) is 16.8 Å². The highest BCUT2D eigenvalue weighted by Gasteiger charge is 2.23. The van der Waals surface area contributed by atoms with Gasteiger partial charge >= 0.3 is 6.03 Å². The summed E-state index contributed by atoms with van der Waals surface area (Å²) in [5.74, 6) is -0.132. The normalized spacial score (nSPS) is 13.9. The first kappa shape index (κ1) is 20.8. The van der Waals surface area contributed by atoms with Crippen LogP contribution in [0, 0.1) is 13.8 Å². The topological polar surface area (TPSA) is 94.6 Å². The van der Waals surface area contributed by atoms with Crippen molar-refractivity contribution in [2.24, 2.45) is 0 Å². The highest BCUT2D eigenvalue weighted by Crippen LogP contribution is 2.18. The van der Waals surface area contributed by atoms with Crippen LogP contribution < -0.4 is 10.6 Å². The number of anilines is 2. The highest BCUT2D eigenvalue weighted by atomic mass is 32.1. The molecule has 154 valence electrons. The van der Waals surface area contributed by atoms with Crippen LogP contribution in [-0.2, 0) is 16.0 Å². The molecule has 1 aliphatic rings. The zero-order chi connectivity index (χ0) is 21.0. The molecule has 2 heterocycles. The van der Waals surface area contributed by atoms with Gasteiger partial charge in [0.25, 0.3) is 0 Å². The molecule has 0 unspecified atom stereocenters. The Balaban J connectivity index is 1.50. The molecule has 0 saturated carbocycles. The number of nitrogens with zero attached hydrogens (tertiary/aromatic N) is 3. The molecule has 1 aromatic carbocycles. The Hall–Kier alpha value is -2.94. The molecule has 2 N–H and O–H groups in total. The van der Waals surface area contributed by atoms with E-state index in [2.05, 4.69) is 15.6 Å². The number of urea groups is 1.